The molecule has 0 aromatic rings. The Morgan fingerprint density at radius 2 is 2.04 bits per heavy atom. The third-order valence-electron chi connectivity index (χ3n) is 5.32. The molecule has 1 unspecified atom stereocenters. The minimum atomic E-state index is -3.41. The Labute approximate surface area is 170 Å². The van der Waals surface area contributed by atoms with Gasteiger partial charge in [0.05, 0.1) is 17.9 Å². The molecule has 28 heavy (non-hydrogen) atoms. The van der Waals surface area contributed by atoms with E-state index < -0.39 is 10.0 Å². The van der Waals surface area contributed by atoms with Gasteiger partial charge in [0, 0.05) is 45.0 Å². The van der Waals surface area contributed by atoms with Crippen molar-refractivity contribution in [3.05, 3.63) is 23.9 Å². The highest BCUT2D eigenvalue weighted by atomic mass is 35.5. The van der Waals surface area contributed by atoms with Gasteiger partial charge >= 0.3 is 0 Å². The van der Waals surface area contributed by atoms with Crippen molar-refractivity contribution in [1.29, 1.82) is 0 Å². The molecule has 0 aliphatic carbocycles. The van der Waals surface area contributed by atoms with Crippen LogP contribution in [0.2, 0.25) is 0 Å². The molecule has 4 aliphatic rings. The number of hydrogen-bond donors (Lipinski definition) is 1. The van der Waals surface area contributed by atoms with Crippen molar-refractivity contribution in [3.63, 3.8) is 0 Å². The van der Waals surface area contributed by atoms with Gasteiger partial charge in [-0.1, -0.05) is 0 Å². The molecule has 0 spiro atoms. The minimum absolute atomic E-state index is 0. The van der Waals surface area contributed by atoms with Gasteiger partial charge in [-0.3, -0.25) is 9.59 Å². The van der Waals surface area contributed by atoms with Crippen LogP contribution in [0.15, 0.2) is 28.3 Å². The number of sulfonamides is 1. The number of nitrogens with zero attached hydrogens (tertiary/aromatic N) is 4. The van der Waals surface area contributed by atoms with E-state index in [0.717, 1.165) is 19.4 Å². The number of hydrogen-bond acceptors (Lipinski definition) is 6. The van der Waals surface area contributed by atoms with Gasteiger partial charge < -0.3 is 20.0 Å². The maximum absolute atomic E-state index is 13.0. The van der Waals surface area contributed by atoms with E-state index in [0.29, 0.717) is 44.1 Å². The van der Waals surface area contributed by atoms with Crippen LogP contribution in [-0.4, -0.2) is 91.8 Å². The van der Waals surface area contributed by atoms with Crippen LogP contribution in [0.25, 0.3) is 0 Å². The Balaban J connectivity index is 0.00000225. The van der Waals surface area contributed by atoms with Gasteiger partial charge in [-0.05, 0) is 25.0 Å². The predicted molar refractivity (Wildman–Crippen MR) is 107 cm³/mol. The number of amides is 2. The smallest absolute Gasteiger partial charge is 0.256 e. The summed E-state index contributed by atoms with van der Waals surface area (Å²) in [5.74, 6) is 0.290. The summed E-state index contributed by atoms with van der Waals surface area (Å²) < 4.78 is 26.9. The molecule has 9 nitrogen and oxygen atoms in total. The molecule has 0 aromatic carbocycles. The summed E-state index contributed by atoms with van der Waals surface area (Å²) in [6.07, 6.45) is 6.64. The van der Waals surface area contributed by atoms with Crippen LogP contribution in [0, 0.1) is 0 Å². The molecule has 154 valence electrons. The molecule has 0 bridgehead atoms. The lowest BCUT2D eigenvalue weighted by Gasteiger charge is -2.41. The zero-order valence-corrected chi connectivity index (χ0v) is 17.0. The molecular weight excluding hydrogens is 406 g/mol. The van der Waals surface area contributed by atoms with E-state index >= 15 is 0 Å². The van der Waals surface area contributed by atoms with Gasteiger partial charge in [-0.25, -0.2) is 8.42 Å². The number of carbonyl (C=O) groups excluding carboxylic acids is 2. The van der Waals surface area contributed by atoms with Gasteiger partial charge in [-0.2, -0.15) is 0 Å². The first-order valence-corrected chi connectivity index (χ1v) is 10.8. The summed E-state index contributed by atoms with van der Waals surface area (Å²) in [7, 11) is -3.41. The highest BCUT2D eigenvalue weighted by Gasteiger charge is 2.33. The van der Waals surface area contributed by atoms with Crippen LogP contribution in [-0.2, 0) is 19.6 Å². The number of carbonyl (C=O) groups is 2. The quantitative estimate of drug-likeness (QED) is 0.624. The van der Waals surface area contributed by atoms with Crippen molar-refractivity contribution in [2.75, 3.05) is 45.0 Å². The zero-order chi connectivity index (χ0) is 19.0. The molecule has 0 aromatic heterocycles. The predicted octanol–water partition coefficient (Wildman–Crippen LogP) is -0.671. The van der Waals surface area contributed by atoms with Gasteiger partial charge in [0.25, 0.3) is 15.9 Å². The third kappa shape index (κ3) is 4.23. The van der Waals surface area contributed by atoms with Crippen molar-refractivity contribution in [1.82, 2.24) is 20.0 Å². The van der Waals surface area contributed by atoms with Crippen molar-refractivity contribution in [3.8, 4) is 0 Å². The number of piperidine rings is 1. The minimum Gasteiger partial charge on any atom is -0.337 e. The van der Waals surface area contributed by atoms with Crippen LogP contribution in [0.5, 0.6) is 0 Å². The number of piperazine rings is 1. The molecule has 4 rings (SSSR count). The largest absolute Gasteiger partial charge is 0.337 e. The number of rotatable bonds is 2. The van der Waals surface area contributed by atoms with Crippen LogP contribution >= 0.6 is 12.4 Å². The first-order chi connectivity index (χ1) is 12.9. The maximum atomic E-state index is 13.0. The molecule has 2 saturated heterocycles. The average molecular weight is 430 g/mol. The lowest BCUT2D eigenvalue weighted by molar-refractivity contribution is -0.138. The van der Waals surface area contributed by atoms with E-state index in [1.165, 1.54) is 0 Å². The molecule has 0 radical (unpaired) electrons. The Kier molecular flexibility index (Phi) is 6.11. The zero-order valence-electron chi connectivity index (χ0n) is 15.4. The van der Waals surface area contributed by atoms with Crippen LogP contribution < -0.4 is 5.32 Å². The Morgan fingerprint density at radius 1 is 1.21 bits per heavy atom. The summed E-state index contributed by atoms with van der Waals surface area (Å²) in [5.41, 5.74) is 0.514. The molecule has 4 aliphatic heterocycles. The molecule has 1 atom stereocenters. The Hall–Kier alpha value is -1.91. The fourth-order valence-electron chi connectivity index (χ4n) is 3.91. The van der Waals surface area contributed by atoms with Crippen LogP contribution in [0.1, 0.15) is 12.8 Å². The monoisotopic (exact) mass is 429 g/mol. The Morgan fingerprint density at radius 3 is 2.82 bits per heavy atom. The van der Waals surface area contributed by atoms with E-state index in [1.807, 2.05) is 4.90 Å². The Bertz CT molecular complexity index is 854. The van der Waals surface area contributed by atoms with E-state index in [1.54, 1.807) is 28.2 Å². The van der Waals surface area contributed by atoms with Crippen LogP contribution in [0.3, 0.4) is 0 Å². The van der Waals surface area contributed by atoms with Gasteiger partial charge in [0.15, 0.2) is 0 Å². The fraction of sp³-hybridized carbons (Fsp3) is 0.588. The second kappa shape index (κ2) is 8.22. The maximum Gasteiger partial charge on any atom is 0.256 e. The number of fused-ring (bicyclic) bond motifs is 1. The fourth-order valence-corrected chi connectivity index (χ4v) is 4.88. The molecule has 11 heteroatoms. The van der Waals surface area contributed by atoms with Crippen LogP contribution in [0.4, 0.5) is 0 Å². The second-order valence-corrected chi connectivity index (χ2v) is 8.91. The van der Waals surface area contributed by atoms with Gasteiger partial charge in [0.1, 0.15) is 5.84 Å². The first kappa shape index (κ1) is 20.8. The second-order valence-electron chi connectivity index (χ2n) is 7.16. The summed E-state index contributed by atoms with van der Waals surface area (Å²) in [4.78, 5) is 30.5. The summed E-state index contributed by atoms with van der Waals surface area (Å²) in [6, 6.07) is 0.0581. The third-order valence-corrected chi connectivity index (χ3v) is 6.49. The van der Waals surface area contributed by atoms with Crippen molar-refractivity contribution in [2.24, 2.45) is 4.40 Å². The number of likely N-dealkylation sites (tertiary alicyclic amines) is 1. The number of amidine groups is 1. The number of halogens is 1. The topological polar surface area (TPSA) is 102 Å². The van der Waals surface area contributed by atoms with Crippen molar-refractivity contribution < 1.29 is 18.0 Å². The lowest BCUT2D eigenvalue weighted by atomic mass is 10.0. The van der Waals surface area contributed by atoms with Gasteiger partial charge in [-0.15, -0.1) is 16.8 Å². The average Bonchev–Trinajstić information content (AvgIpc) is 2.67. The summed E-state index contributed by atoms with van der Waals surface area (Å²) in [6.45, 7) is 3.31. The summed E-state index contributed by atoms with van der Waals surface area (Å²) >= 11 is 0. The standard InChI is InChI=1S/C17H23N5O4S.ClH/c23-16-10-18-5-7-22(16)14-2-1-6-21(12-14)17(24)13-3-4-15-19-27(25,26)9-8-20(15)11-13;/h3-4,11,14,18H,1-2,5-10,12H2;1H. The number of nitrogens with one attached hydrogen (secondary N) is 1. The SMILES string of the molecule is Cl.O=C(C1=CN2CCS(=O)(=O)N=C2C=C1)N1CCCC(N2CCNCC2=O)C1. The van der Waals surface area contributed by atoms with E-state index in [9.17, 15) is 18.0 Å². The van der Waals surface area contributed by atoms with Crippen molar-refractivity contribution >= 4 is 40.1 Å². The normalized spacial score (nSPS) is 26.8. The van der Waals surface area contributed by atoms with Gasteiger partial charge in [0.2, 0.25) is 5.91 Å². The van der Waals surface area contributed by atoms with E-state index in [4.69, 9.17) is 0 Å². The molecule has 2 fully saturated rings. The highest BCUT2D eigenvalue weighted by Crippen LogP contribution is 2.21. The molecule has 4 heterocycles. The first-order valence-electron chi connectivity index (χ1n) is 9.22. The van der Waals surface area contributed by atoms with Crippen molar-refractivity contribution in [2.45, 2.75) is 18.9 Å². The van der Waals surface area contributed by atoms with E-state index in [2.05, 4.69) is 9.71 Å². The lowest BCUT2D eigenvalue weighted by Crippen LogP contribution is -2.57. The molecular formula is C17H24ClN5O4S. The summed E-state index contributed by atoms with van der Waals surface area (Å²) in [5, 5.41) is 3.07. The van der Waals surface area contributed by atoms with E-state index in [-0.39, 0.29) is 36.0 Å². The molecule has 0 saturated carbocycles. The molecule has 1 N–H and O–H groups in total. The molecule has 2 amide bonds. The highest BCUT2D eigenvalue weighted by molar-refractivity contribution is 7.90.